The third-order valence-electron chi connectivity index (χ3n) is 10.6. The molecular formula is C37H47ClF3N5O7. The smallest absolute Gasteiger partial charge is 0.312 e. The lowest BCUT2D eigenvalue weighted by atomic mass is 9.66. The summed E-state index contributed by atoms with van der Waals surface area (Å²) in [5.74, 6) is 3.57. The number of benzene rings is 2. The fourth-order valence-corrected chi connectivity index (χ4v) is 8.00. The first-order valence-electron chi connectivity index (χ1n) is 17.6. The third-order valence-corrected chi connectivity index (χ3v) is 10.9. The zero-order chi connectivity index (χ0) is 38.6. The van der Waals surface area contributed by atoms with Gasteiger partial charge in [0.1, 0.15) is 30.4 Å². The minimum Gasteiger partial charge on any atom is -0.497 e. The van der Waals surface area contributed by atoms with Gasteiger partial charge in [-0.15, -0.1) is 0 Å². The monoisotopic (exact) mass is 765 g/mol. The summed E-state index contributed by atoms with van der Waals surface area (Å²) in [5.41, 5.74) is 4.96. The molecule has 0 aromatic heterocycles. The van der Waals surface area contributed by atoms with Crippen molar-refractivity contribution < 1.29 is 46.5 Å². The van der Waals surface area contributed by atoms with E-state index in [1.54, 1.807) is 34.9 Å². The minimum atomic E-state index is -3.03. The number of hydrazine groups is 1. The van der Waals surface area contributed by atoms with Crippen molar-refractivity contribution in [1.29, 1.82) is 0 Å². The Kier molecular flexibility index (Phi) is 12.6. The Bertz CT molecular complexity index is 1730. The van der Waals surface area contributed by atoms with Gasteiger partial charge in [-0.3, -0.25) is 14.4 Å². The summed E-state index contributed by atoms with van der Waals surface area (Å²) >= 11 is 6.60. The van der Waals surface area contributed by atoms with Crippen LogP contribution in [0, 0.1) is 17.2 Å². The summed E-state index contributed by atoms with van der Waals surface area (Å²) in [6.45, 7) is 1.56. The molecule has 1 saturated carbocycles. The second-order valence-electron chi connectivity index (χ2n) is 13.9. The van der Waals surface area contributed by atoms with E-state index in [9.17, 15) is 23.2 Å². The first kappa shape index (κ1) is 39.8. The van der Waals surface area contributed by atoms with E-state index in [1.165, 1.54) is 21.3 Å². The SMILES string of the molecule is COc1ccc(COC(=O)[C@@]2(C)CCCC[C@H]2C(=O)N2CCc3c(Cl)cc(F)c(OC/C(N)=C(\C(F)F)N(C)N)c3[C@H]2CN2CCCC2=O)c(OC)c1. The molecule has 16 heteroatoms. The highest BCUT2D eigenvalue weighted by Gasteiger charge is 2.51. The predicted molar refractivity (Wildman–Crippen MR) is 189 cm³/mol. The van der Waals surface area contributed by atoms with E-state index in [0.29, 0.717) is 72.7 Å². The molecule has 12 nitrogen and oxygen atoms in total. The normalized spacial score (nSPS) is 22.0. The second kappa shape index (κ2) is 16.8. The van der Waals surface area contributed by atoms with E-state index in [2.05, 4.69) is 0 Å². The first-order chi connectivity index (χ1) is 25.2. The molecule has 0 spiro atoms. The number of hydrogen-bond acceptors (Lipinski definition) is 10. The van der Waals surface area contributed by atoms with Crippen LogP contribution in [0.1, 0.15) is 68.2 Å². The number of rotatable bonds is 13. The maximum atomic E-state index is 15.9. The Labute approximate surface area is 312 Å². The van der Waals surface area contributed by atoms with Crippen LogP contribution in [0.4, 0.5) is 13.2 Å². The fraction of sp³-hybridized carbons (Fsp3) is 0.541. The number of halogens is 4. The van der Waals surface area contributed by atoms with Crippen LogP contribution in [0.15, 0.2) is 35.7 Å². The summed E-state index contributed by atoms with van der Waals surface area (Å²) in [4.78, 5) is 45.0. The topological polar surface area (TPSA) is 150 Å². The van der Waals surface area contributed by atoms with Gasteiger partial charge in [0.05, 0.1) is 37.3 Å². The Morgan fingerprint density at radius 2 is 1.87 bits per heavy atom. The Morgan fingerprint density at radius 1 is 1.11 bits per heavy atom. The average molecular weight is 766 g/mol. The van der Waals surface area contributed by atoms with Gasteiger partial charge in [0.25, 0.3) is 6.43 Å². The summed E-state index contributed by atoms with van der Waals surface area (Å²) < 4.78 is 65.9. The lowest BCUT2D eigenvalue weighted by Gasteiger charge is -2.45. The van der Waals surface area contributed by atoms with Crippen molar-refractivity contribution in [3.05, 3.63) is 63.2 Å². The summed E-state index contributed by atoms with van der Waals surface area (Å²) in [6.07, 6.45) is 0.263. The molecule has 2 heterocycles. The Hall–Kier alpha value is -4.37. The fourth-order valence-electron chi connectivity index (χ4n) is 7.71. The minimum absolute atomic E-state index is 0.00198. The quantitative estimate of drug-likeness (QED) is 0.160. The van der Waals surface area contributed by atoms with Crippen LogP contribution in [-0.2, 0) is 32.1 Å². The van der Waals surface area contributed by atoms with Crippen LogP contribution in [0.5, 0.6) is 17.2 Å². The number of likely N-dealkylation sites (tertiary alicyclic amines) is 1. The van der Waals surface area contributed by atoms with Crippen molar-refractivity contribution in [3.8, 4) is 17.2 Å². The van der Waals surface area contributed by atoms with Gasteiger partial charge in [0.15, 0.2) is 11.6 Å². The predicted octanol–water partition coefficient (Wildman–Crippen LogP) is 5.10. The highest BCUT2D eigenvalue weighted by atomic mass is 35.5. The molecule has 2 amide bonds. The van der Waals surface area contributed by atoms with E-state index in [0.717, 1.165) is 6.07 Å². The summed E-state index contributed by atoms with van der Waals surface area (Å²) in [5, 5.41) is 0.757. The standard InChI is InChI=1S/C37H47ClF3N5O7/c1-37(36(49)53-19-21-10-11-22(50-3)16-29(21)51-4)13-6-5-8-24(37)35(48)46-15-12-23-25(38)17-26(39)33(52-20-27(42)32(34(40)41)44(2)43)31(23)28(46)18-45-14-7-9-30(45)47/h10-11,16-17,24,28,34H,5-9,12-15,18-20,42-43H2,1-4H3/b32-27-/t24-,28+,37-/m0/s1. The van der Waals surface area contributed by atoms with Gasteiger partial charge in [-0.1, -0.05) is 24.4 Å². The van der Waals surface area contributed by atoms with Crippen molar-refractivity contribution in [2.45, 2.75) is 70.9 Å². The van der Waals surface area contributed by atoms with Gasteiger partial charge in [-0.05, 0) is 56.4 Å². The second-order valence-corrected chi connectivity index (χ2v) is 14.3. The van der Waals surface area contributed by atoms with E-state index in [1.807, 2.05) is 0 Å². The number of esters is 1. The third kappa shape index (κ3) is 8.25. The van der Waals surface area contributed by atoms with E-state index in [4.69, 9.17) is 42.1 Å². The van der Waals surface area contributed by atoms with Crippen molar-refractivity contribution in [2.24, 2.45) is 22.9 Å². The van der Waals surface area contributed by atoms with Gasteiger partial charge in [0, 0.05) is 55.3 Å². The number of fused-ring (bicyclic) bond motifs is 1. The van der Waals surface area contributed by atoms with Crippen molar-refractivity contribution in [2.75, 3.05) is 47.5 Å². The Balaban J connectivity index is 1.49. The molecule has 1 aliphatic carbocycles. The van der Waals surface area contributed by atoms with Crippen LogP contribution in [0.25, 0.3) is 0 Å². The van der Waals surface area contributed by atoms with E-state index < -0.39 is 53.6 Å². The van der Waals surface area contributed by atoms with E-state index >= 15 is 4.39 Å². The molecule has 290 valence electrons. The molecule has 3 aliphatic rings. The molecule has 0 bridgehead atoms. The Morgan fingerprint density at radius 3 is 2.51 bits per heavy atom. The number of nitrogens with two attached hydrogens (primary N) is 2. The molecule has 0 radical (unpaired) electrons. The number of carbonyl (C=O) groups is 3. The largest absolute Gasteiger partial charge is 0.497 e. The number of nitrogens with zero attached hydrogens (tertiary/aromatic N) is 3. The molecule has 2 aromatic rings. The number of alkyl halides is 2. The number of carbonyl (C=O) groups excluding carboxylic acids is 3. The van der Waals surface area contributed by atoms with Crippen LogP contribution >= 0.6 is 11.6 Å². The van der Waals surface area contributed by atoms with E-state index in [-0.39, 0.29) is 54.3 Å². The zero-order valence-corrected chi connectivity index (χ0v) is 31.1. The maximum absolute atomic E-state index is 15.9. The number of hydrogen-bond donors (Lipinski definition) is 2. The molecule has 5 rings (SSSR count). The molecule has 4 N–H and O–H groups in total. The highest BCUT2D eigenvalue weighted by molar-refractivity contribution is 6.31. The average Bonchev–Trinajstić information content (AvgIpc) is 3.53. The molecule has 0 unspecified atom stereocenters. The number of methoxy groups -OCH3 is 2. The molecule has 2 aliphatic heterocycles. The molecule has 3 atom stereocenters. The molecule has 2 fully saturated rings. The van der Waals surface area contributed by atoms with Crippen molar-refractivity contribution >= 4 is 29.4 Å². The van der Waals surface area contributed by atoms with Gasteiger partial charge < -0.3 is 39.5 Å². The van der Waals surface area contributed by atoms with Crippen molar-refractivity contribution in [1.82, 2.24) is 14.8 Å². The van der Waals surface area contributed by atoms with Gasteiger partial charge in [-0.2, -0.15) is 0 Å². The van der Waals surface area contributed by atoms with Crippen LogP contribution in [0.2, 0.25) is 5.02 Å². The molecule has 2 aromatic carbocycles. The molecule has 53 heavy (non-hydrogen) atoms. The first-order valence-corrected chi connectivity index (χ1v) is 17.9. The number of amides is 2. The molecule has 1 saturated heterocycles. The number of ether oxygens (including phenoxy) is 4. The molecular weight excluding hydrogens is 719 g/mol. The lowest BCUT2D eigenvalue weighted by molar-refractivity contribution is -0.169. The van der Waals surface area contributed by atoms with Crippen LogP contribution in [-0.4, -0.2) is 86.5 Å². The van der Waals surface area contributed by atoms with Gasteiger partial charge in [0.2, 0.25) is 11.8 Å². The summed E-state index contributed by atoms with van der Waals surface area (Å²) in [7, 11) is 4.22. The van der Waals surface area contributed by atoms with Gasteiger partial charge in [-0.25, -0.2) is 19.0 Å². The lowest BCUT2D eigenvalue weighted by Crippen LogP contribution is -2.53. The van der Waals surface area contributed by atoms with Gasteiger partial charge >= 0.3 is 5.97 Å². The number of allylic oxidation sites excluding steroid dienone is 1. The highest BCUT2D eigenvalue weighted by Crippen LogP contribution is 2.48. The van der Waals surface area contributed by atoms with Crippen LogP contribution < -0.4 is 25.8 Å². The van der Waals surface area contributed by atoms with Crippen LogP contribution in [0.3, 0.4) is 0 Å². The maximum Gasteiger partial charge on any atom is 0.312 e. The zero-order valence-electron chi connectivity index (χ0n) is 30.4. The summed E-state index contributed by atoms with van der Waals surface area (Å²) in [6, 6.07) is 5.27. The van der Waals surface area contributed by atoms with Crippen molar-refractivity contribution in [3.63, 3.8) is 0 Å².